The lowest BCUT2D eigenvalue weighted by atomic mass is 10.0. The van der Waals surface area contributed by atoms with E-state index in [-0.39, 0.29) is 30.2 Å². The van der Waals surface area contributed by atoms with Gasteiger partial charge in [0.2, 0.25) is 5.91 Å². The largest absolute Gasteiger partial charge is 0.490 e. The Bertz CT molecular complexity index is 885. The highest BCUT2D eigenvalue weighted by molar-refractivity contribution is 5.90. The van der Waals surface area contributed by atoms with E-state index in [9.17, 15) is 14.0 Å². The van der Waals surface area contributed by atoms with Crippen LogP contribution in [0.25, 0.3) is 10.8 Å². The van der Waals surface area contributed by atoms with Crippen LogP contribution >= 0.6 is 0 Å². The number of carbonyl (C=O) groups excluding carboxylic acids is 1. The van der Waals surface area contributed by atoms with Crippen LogP contribution in [0, 0.1) is 11.7 Å². The zero-order valence-corrected chi connectivity index (χ0v) is 15.0. The summed E-state index contributed by atoms with van der Waals surface area (Å²) in [4.78, 5) is 25.2. The fraction of sp³-hybridized carbons (Fsp3) is 0.429. The third-order valence-corrected chi connectivity index (χ3v) is 5.27. The number of amides is 1. The summed E-state index contributed by atoms with van der Waals surface area (Å²) < 4.78 is 19.9. The molecule has 1 N–H and O–H groups in total. The molecule has 0 spiro atoms. The van der Waals surface area contributed by atoms with Crippen LogP contribution in [0.2, 0.25) is 0 Å². The number of nitrogens with zero attached hydrogens (tertiary/aromatic N) is 1. The molecule has 2 aliphatic rings. The minimum Gasteiger partial charge on any atom is -0.490 e. The highest BCUT2D eigenvalue weighted by Crippen LogP contribution is 2.33. The molecule has 2 aromatic carbocycles. The number of likely N-dealkylation sites (tertiary alicyclic amines) is 1. The van der Waals surface area contributed by atoms with Gasteiger partial charge in [-0.05, 0) is 42.0 Å². The quantitative estimate of drug-likeness (QED) is 0.875. The van der Waals surface area contributed by atoms with Crippen LogP contribution in [-0.4, -0.2) is 41.1 Å². The molecule has 1 aliphatic heterocycles. The molecule has 1 saturated heterocycles. The zero-order valence-electron chi connectivity index (χ0n) is 15.0. The van der Waals surface area contributed by atoms with Gasteiger partial charge in [0.15, 0.2) is 0 Å². The van der Waals surface area contributed by atoms with Crippen molar-refractivity contribution < 1.29 is 23.8 Å². The number of carboxylic acid groups (broad SMARTS) is 1. The number of hydrogen-bond acceptors (Lipinski definition) is 3. The highest BCUT2D eigenvalue weighted by Gasteiger charge is 2.35. The highest BCUT2D eigenvalue weighted by atomic mass is 19.1. The van der Waals surface area contributed by atoms with Crippen LogP contribution in [0.4, 0.5) is 4.39 Å². The average molecular weight is 371 g/mol. The lowest BCUT2D eigenvalue weighted by Crippen LogP contribution is -2.42. The first kappa shape index (κ1) is 17.8. The number of piperidine rings is 1. The standard InChI is InChI=1S/C21H22FNO4/c22-16-4-3-15-9-13(11-20(24)25)10-19(18(15)12-16)27-17-5-7-23(8-6-17)21(26)14-1-2-14/h3-4,9-10,12,14,17H,1-2,5-8,11H2,(H,24,25). The third-order valence-electron chi connectivity index (χ3n) is 5.27. The van der Waals surface area contributed by atoms with Crippen molar-refractivity contribution in [3.8, 4) is 5.75 Å². The van der Waals surface area contributed by atoms with Crippen LogP contribution in [0.1, 0.15) is 31.2 Å². The van der Waals surface area contributed by atoms with E-state index in [4.69, 9.17) is 9.84 Å². The molecule has 6 heteroatoms. The Kier molecular flexibility index (Phi) is 4.72. The fourth-order valence-corrected chi connectivity index (χ4v) is 3.69. The molecular weight excluding hydrogens is 349 g/mol. The maximum Gasteiger partial charge on any atom is 0.307 e. The Balaban J connectivity index is 1.52. The predicted molar refractivity (Wildman–Crippen MR) is 98.2 cm³/mol. The molecule has 0 atom stereocenters. The van der Waals surface area contributed by atoms with Gasteiger partial charge in [0, 0.05) is 37.2 Å². The van der Waals surface area contributed by atoms with Gasteiger partial charge in [0.05, 0.1) is 6.42 Å². The number of carboxylic acids is 1. The normalized spacial score (nSPS) is 17.9. The van der Waals surface area contributed by atoms with E-state index >= 15 is 0 Å². The number of carbonyl (C=O) groups is 2. The van der Waals surface area contributed by atoms with E-state index in [1.54, 1.807) is 18.2 Å². The number of benzene rings is 2. The molecule has 142 valence electrons. The molecule has 0 aromatic heterocycles. The van der Waals surface area contributed by atoms with E-state index in [2.05, 4.69) is 0 Å². The van der Waals surface area contributed by atoms with Gasteiger partial charge < -0.3 is 14.7 Å². The monoisotopic (exact) mass is 371 g/mol. The minimum absolute atomic E-state index is 0.0696. The third kappa shape index (κ3) is 4.04. The summed E-state index contributed by atoms with van der Waals surface area (Å²) in [5, 5.41) is 10.5. The van der Waals surface area contributed by atoms with Crippen LogP contribution < -0.4 is 4.74 Å². The number of halogens is 1. The van der Waals surface area contributed by atoms with Gasteiger partial charge in [-0.2, -0.15) is 0 Å². The molecule has 0 radical (unpaired) electrons. The van der Waals surface area contributed by atoms with E-state index in [0.29, 0.717) is 29.8 Å². The summed E-state index contributed by atoms with van der Waals surface area (Å²) >= 11 is 0. The summed E-state index contributed by atoms with van der Waals surface area (Å²) in [5.41, 5.74) is 0.623. The molecule has 1 heterocycles. The molecule has 5 nitrogen and oxygen atoms in total. The molecule has 1 amide bonds. The first-order chi connectivity index (χ1) is 13.0. The van der Waals surface area contributed by atoms with Gasteiger partial charge in [0.1, 0.15) is 17.7 Å². The number of hydrogen-bond donors (Lipinski definition) is 1. The lowest BCUT2D eigenvalue weighted by Gasteiger charge is -2.32. The Labute approximate surface area is 156 Å². The van der Waals surface area contributed by atoms with Gasteiger partial charge >= 0.3 is 5.97 Å². The Hall–Kier alpha value is -2.63. The topological polar surface area (TPSA) is 66.8 Å². The number of fused-ring (bicyclic) bond motifs is 1. The van der Waals surface area contributed by atoms with E-state index in [1.807, 2.05) is 4.90 Å². The molecular formula is C21H22FNO4. The van der Waals surface area contributed by atoms with Crippen molar-refractivity contribution >= 4 is 22.6 Å². The fourth-order valence-electron chi connectivity index (χ4n) is 3.69. The van der Waals surface area contributed by atoms with E-state index in [0.717, 1.165) is 31.1 Å². The van der Waals surface area contributed by atoms with Gasteiger partial charge in [-0.25, -0.2) is 4.39 Å². The minimum atomic E-state index is -0.922. The molecule has 2 fully saturated rings. The summed E-state index contributed by atoms with van der Waals surface area (Å²) in [7, 11) is 0. The zero-order chi connectivity index (χ0) is 19.0. The van der Waals surface area contributed by atoms with Crippen molar-refractivity contribution in [2.24, 2.45) is 5.92 Å². The number of aliphatic carboxylic acids is 1. The van der Waals surface area contributed by atoms with Crippen molar-refractivity contribution in [1.29, 1.82) is 0 Å². The lowest BCUT2D eigenvalue weighted by molar-refractivity contribution is -0.136. The van der Waals surface area contributed by atoms with Crippen molar-refractivity contribution in [3.05, 3.63) is 41.7 Å². The van der Waals surface area contributed by atoms with Crippen molar-refractivity contribution in [3.63, 3.8) is 0 Å². The van der Waals surface area contributed by atoms with Gasteiger partial charge in [0.25, 0.3) is 0 Å². The second kappa shape index (κ2) is 7.18. The second-order valence-electron chi connectivity index (χ2n) is 7.45. The molecule has 4 rings (SSSR count). The van der Waals surface area contributed by atoms with Gasteiger partial charge in [-0.1, -0.05) is 12.1 Å². The summed E-state index contributed by atoms with van der Waals surface area (Å²) in [6.45, 7) is 1.34. The first-order valence-electron chi connectivity index (χ1n) is 9.39. The summed E-state index contributed by atoms with van der Waals surface area (Å²) in [6, 6.07) is 7.86. The van der Waals surface area contributed by atoms with Gasteiger partial charge in [-0.3, -0.25) is 9.59 Å². The Morgan fingerprint density at radius 2 is 1.85 bits per heavy atom. The van der Waals surface area contributed by atoms with Crippen LogP contribution in [0.15, 0.2) is 30.3 Å². The molecule has 0 unspecified atom stereocenters. The Morgan fingerprint density at radius 3 is 2.52 bits per heavy atom. The Morgan fingerprint density at radius 1 is 1.11 bits per heavy atom. The number of ether oxygens (including phenoxy) is 1. The maximum absolute atomic E-state index is 13.7. The van der Waals surface area contributed by atoms with E-state index < -0.39 is 5.97 Å². The molecule has 2 aromatic rings. The summed E-state index contributed by atoms with van der Waals surface area (Å²) in [6.07, 6.45) is 3.26. The van der Waals surface area contributed by atoms with Crippen LogP contribution in [0.3, 0.4) is 0 Å². The van der Waals surface area contributed by atoms with Crippen LogP contribution in [0.5, 0.6) is 5.75 Å². The van der Waals surface area contributed by atoms with E-state index in [1.165, 1.54) is 12.1 Å². The van der Waals surface area contributed by atoms with Crippen molar-refractivity contribution in [1.82, 2.24) is 4.90 Å². The predicted octanol–water partition coefficient (Wildman–Crippen LogP) is 3.39. The first-order valence-corrected chi connectivity index (χ1v) is 9.39. The van der Waals surface area contributed by atoms with Gasteiger partial charge in [-0.15, -0.1) is 0 Å². The number of rotatable bonds is 5. The smallest absolute Gasteiger partial charge is 0.307 e. The molecule has 0 bridgehead atoms. The van der Waals surface area contributed by atoms with Crippen molar-refractivity contribution in [2.75, 3.05) is 13.1 Å². The maximum atomic E-state index is 13.7. The van der Waals surface area contributed by atoms with Crippen molar-refractivity contribution in [2.45, 2.75) is 38.2 Å². The molecule has 1 aliphatic carbocycles. The second-order valence-corrected chi connectivity index (χ2v) is 7.45. The molecule has 27 heavy (non-hydrogen) atoms. The SMILES string of the molecule is O=C(O)Cc1cc(OC2CCN(C(=O)C3CC3)CC2)c2cc(F)ccc2c1. The molecule has 1 saturated carbocycles. The average Bonchev–Trinajstić information content (AvgIpc) is 3.47. The summed E-state index contributed by atoms with van der Waals surface area (Å²) in [5.74, 6) is -0.292. The van der Waals surface area contributed by atoms with Crippen LogP contribution in [-0.2, 0) is 16.0 Å².